The molecule has 1 amide bonds. The van der Waals surface area contributed by atoms with E-state index in [9.17, 15) is 4.79 Å². The van der Waals surface area contributed by atoms with Crippen molar-refractivity contribution in [3.63, 3.8) is 0 Å². The third-order valence-corrected chi connectivity index (χ3v) is 3.26. The number of nitrogens with zero attached hydrogens (tertiary/aromatic N) is 3. The molecule has 86 valence electrons. The van der Waals surface area contributed by atoms with Crippen LogP contribution in [0, 0.1) is 0 Å². The van der Waals surface area contributed by atoms with Crippen molar-refractivity contribution in [1.82, 2.24) is 15.4 Å². The van der Waals surface area contributed by atoms with Gasteiger partial charge in [-0.3, -0.25) is 15.2 Å². The second kappa shape index (κ2) is 5.13. The molecule has 16 heavy (non-hydrogen) atoms. The van der Waals surface area contributed by atoms with Gasteiger partial charge in [-0.15, -0.1) is 0 Å². The average Bonchev–Trinajstić information content (AvgIpc) is 2.39. The lowest BCUT2D eigenvalue weighted by Gasteiger charge is -2.27. The molecule has 0 aromatic carbocycles. The first-order chi connectivity index (χ1) is 7.81. The first-order valence-corrected chi connectivity index (χ1v) is 6.12. The Balaban J connectivity index is 2.17. The molecule has 0 radical (unpaired) electrons. The van der Waals surface area contributed by atoms with Crippen LogP contribution in [-0.4, -0.2) is 40.5 Å². The summed E-state index contributed by atoms with van der Waals surface area (Å²) in [5, 5.41) is 0. The predicted octanol–water partition coefficient (Wildman–Crippen LogP) is -0.367. The Hall–Kier alpha value is -1.34. The van der Waals surface area contributed by atoms with Gasteiger partial charge < -0.3 is 4.90 Å². The molecule has 3 N–H and O–H groups in total. The van der Waals surface area contributed by atoms with Gasteiger partial charge in [0.05, 0.1) is 12.4 Å². The summed E-state index contributed by atoms with van der Waals surface area (Å²) < 4.78 is 0. The fraction of sp³-hybridized carbons (Fsp3) is 0.444. The van der Waals surface area contributed by atoms with Crippen LogP contribution in [0.25, 0.3) is 0 Å². The number of thioether (sulfide) groups is 1. The molecule has 1 aromatic heterocycles. The molecule has 0 aliphatic carbocycles. The highest BCUT2D eigenvalue weighted by atomic mass is 32.2. The van der Waals surface area contributed by atoms with E-state index in [4.69, 9.17) is 5.84 Å². The van der Waals surface area contributed by atoms with Gasteiger partial charge in [-0.2, -0.15) is 11.8 Å². The van der Waals surface area contributed by atoms with Crippen molar-refractivity contribution in [3.05, 3.63) is 18.1 Å². The number of anilines is 1. The van der Waals surface area contributed by atoms with Crippen molar-refractivity contribution < 1.29 is 4.79 Å². The second-order valence-corrected chi connectivity index (χ2v) is 4.56. The molecule has 1 aliphatic heterocycles. The van der Waals surface area contributed by atoms with E-state index in [1.54, 1.807) is 6.20 Å². The van der Waals surface area contributed by atoms with Crippen LogP contribution < -0.4 is 16.2 Å². The van der Waals surface area contributed by atoms with E-state index in [-0.39, 0.29) is 5.69 Å². The van der Waals surface area contributed by atoms with Crippen LogP contribution in [0.1, 0.15) is 10.5 Å². The first-order valence-electron chi connectivity index (χ1n) is 4.97. The zero-order valence-electron chi connectivity index (χ0n) is 8.72. The highest BCUT2D eigenvalue weighted by molar-refractivity contribution is 7.99. The van der Waals surface area contributed by atoms with Crippen molar-refractivity contribution in [1.29, 1.82) is 0 Å². The molecule has 1 saturated heterocycles. The van der Waals surface area contributed by atoms with Crippen LogP contribution in [0.5, 0.6) is 0 Å². The van der Waals surface area contributed by atoms with Gasteiger partial charge in [0.25, 0.3) is 5.91 Å². The summed E-state index contributed by atoms with van der Waals surface area (Å²) in [5.74, 6) is 7.53. The third kappa shape index (κ3) is 2.42. The maximum absolute atomic E-state index is 11.3. The Bertz CT molecular complexity index is 380. The smallest absolute Gasteiger partial charge is 0.285 e. The highest BCUT2D eigenvalue weighted by Gasteiger charge is 2.14. The zero-order valence-corrected chi connectivity index (χ0v) is 9.54. The van der Waals surface area contributed by atoms with Gasteiger partial charge in [0.2, 0.25) is 0 Å². The van der Waals surface area contributed by atoms with E-state index in [0.29, 0.717) is 0 Å². The second-order valence-electron chi connectivity index (χ2n) is 3.34. The monoisotopic (exact) mass is 239 g/mol. The summed E-state index contributed by atoms with van der Waals surface area (Å²) in [7, 11) is 0. The van der Waals surface area contributed by atoms with E-state index in [1.165, 1.54) is 6.20 Å². The van der Waals surface area contributed by atoms with Crippen LogP contribution >= 0.6 is 11.8 Å². The summed E-state index contributed by atoms with van der Waals surface area (Å²) in [6.45, 7) is 1.88. The number of carbonyl (C=O) groups is 1. The van der Waals surface area contributed by atoms with E-state index in [2.05, 4.69) is 14.9 Å². The van der Waals surface area contributed by atoms with E-state index in [1.807, 2.05) is 17.2 Å². The van der Waals surface area contributed by atoms with Crippen molar-refractivity contribution in [3.8, 4) is 0 Å². The van der Waals surface area contributed by atoms with Crippen molar-refractivity contribution in [2.75, 3.05) is 29.5 Å². The molecule has 2 rings (SSSR count). The SMILES string of the molecule is NNC(=O)c1cncc(N2CCSCC2)n1. The Morgan fingerprint density at radius 1 is 1.44 bits per heavy atom. The number of carbonyl (C=O) groups excluding carboxylic acids is 1. The summed E-state index contributed by atoms with van der Waals surface area (Å²) in [4.78, 5) is 21.6. The molecule has 0 atom stereocenters. The quantitative estimate of drug-likeness (QED) is 0.416. The molecule has 0 unspecified atom stereocenters. The molecular weight excluding hydrogens is 226 g/mol. The minimum absolute atomic E-state index is 0.248. The van der Waals surface area contributed by atoms with Crippen molar-refractivity contribution in [2.45, 2.75) is 0 Å². The number of hydrogen-bond acceptors (Lipinski definition) is 6. The number of nitrogens with two attached hydrogens (primary N) is 1. The van der Waals surface area contributed by atoms with Gasteiger partial charge in [0, 0.05) is 24.6 Å². The van der Waals surface area contributed by atoms with Crippen LogP contribution in [0.2, 0.25) is 0 Å². The Morgan fingerprint density at radius 3 is 2.88 bits per heavy atom. The van der Waals surface area contributed by atoms with Crippen LogP contribution in [-0.2, 0) is 0 Å². The first kappa shape index (κ1) is 11.2. The lowest BCUT2D eigenvalue weighted by atomic mass is 10.4. The standard InChI is InChI=1S/C9H13N5OS/c10-13-9(15)7-5-11-6-8(12-7)14-1-3-16-4-2-14/h5-6H,1-4,10H2,(H,13,15). The molecule has 1 fully saturated rings. The molecule has 1 aliphatic rings. The lowest BCUT2D eigenvalue weighted by Crippen LogP contribution is -2.35. The van der Waals surface area contributed by atoms with Crippen molar-refractivity contribution in [2.24, 2.45) is 5.84 Å². The Morgan fingerprint density at radius 2 is 2.19 bits per heavy atom. The fourth-order valence-electron chi connectivity index (χ4n) is 1.48. The van der Waals surface area contributed by atoms with Crippen LogP contribution in [0.4, 0.5) is 5.82 Å². The summed E-state index contributed by atoms with van der Waals surface area (Å²) in [6.07, 6.45) is 3.08. The van der Waals surface area contributed by atoms with Crippen LogP contribution in [0.3, 0.4) is 0 Å². The molecule has 0 saturated carbocycles. The van der Waals surface area contributed by atoms with Gasteiger partial charge in [-0.1, -0.05) is 0 Å². The Kier molecular flexibility index (Phi) is 3.58. The Labute approximate surface area is 97.6 Å². The van der Waals surface area contributed by atoms with Gasteiger partial charge in [-0.05, 0) is 0 Å². The molecule has 2 heterocycles. The summed E-state index contributed by atoms with van der Waals surface area (Å²) in [5.41, 5.74) is 2.30. The van der Waals surface area contributed by atoms with Gasteiger partial charge in [0.15, 0.2) is 0 Å². The maximum atomic E-state index is 11.3. The van der Waals surface area contributed by atoms with Crippen molar-refractivity contribution >= 4 is 23.5 Å². The molecule has 1 aromatic rings. The minimum Gasteiger partial charge on any atom is -0.354 e. The van der Waals surface area contributed by atoms with E-state index < -0.39 is 5.91 Å². The average molecular weight is 239 g/mol. The number of nitrogen functional groups attached to an aromatic ring is 1. The number of hydrazine groups is 1. The molecular formula is C9H13N5OS. The van der Waals surface area contributed by atoms with Gasteiger partial charge >= 0.3 is 0 Å². The number of amides is 1. The normalized spacial score (nSPS) is 15.9. The van der Waals surface area contributed by atoms with Gasteiger partial charge in [-0.25, -0.2) is 10.8 Å². The largest absolute Gasteiger partial charge is 0.354 e. The molecule has 0 bridgehead atoms. The summed E-state index contributed by atoms with van der Waals surface area (Å²) >= 11 is 1.92. The van der Waals surface area contributed by atoms with E-state index >= 15 is 0 Å². The van der Waals surface area contributed by atoms with Crippen LogP contribution in [0.15, 0.2) is 12.4 Å². The number of aromatic nitrogens is 2. The lowest BCUT2D eigenvalue weighted by molar-refractivity contribution is 0.0948. The number of nitrogens with one attached hydrogen (secondary N) is 1. The topological polar surface area (TPSA) is 84.1 Å². The molecule has 0 spiro atoms. The number of rotatable bonds is 2. The van der Waals surface area contributed by atoms with E-state index in [0.717, 1.165) is 30.4 Å². The number of hydrogen-bond donors (Lipinski definition) is 2. The summed E-state index contributed by atoms with van der Waals surface area (Å²) in [6, 6.07) is 0. The zero-order chi connectivity index (χ0) is 11.4. The van der Waals surface area contributed by atoms with Gasteiger partial charge in [0.1, 0.15) is 11.5 Å². The molecule has 6 nitrogen and oxygen atoms in total. The molecule has 7 heteroatoms. The third-order valence-electron chi connectivity index (χ3n) is 2.32. The highest BCUT2D eigenvalue weighted by Crippen LogP contribution is 2.16. The fourth-order valence-corrected chi connectivity index (χ4v) is 2.39. The predicted molar refractivity (Wildman–Crippen MR) is 63.2 cm³/mol. The minimum atomic E-state index is -0.416. The maximum Gasteiger partial charge on any atom is 0.285 e.